The predicted molar refractivity (Wildman–Crippen MR) is 92.1 cm³/mol. The van der Waals surface area contributed by atoms with Gasteiger partial charge < -0.3 is 15.7 Å². The highest BCUT2D eigenvalue weighted by Crippen LogP contribution is 2.20. The van der Waals surface area contributed by atoms with Crippen molar-refractivity contribution in [2.24, 2.45) is 0 Å². The average Bonchev–Trinajstić information content (AvgIpc) is 3.33. The van der Waals surface area contributed by atoms with Crippen LogP contribution in [0.3, 0.4) is 0 Å². The number of carbonyl (C=O) groups is 3. The first-order valence-electron chi connectivity index (χ1n) is 8.29. The number of benzene rings is 1. The van der Waals surface area contributed by atoms with Crippen molar-refractivity contribution >= 4 is 23.5 Å². The molecule has 1 saturated carbocycles. The van der Waals surface area contributed by atoms with Crippen molar-refractivity contribution in [2.75, 3.05) is 5.32 Å². The van der Waals surface area contributed by atoms with Crippen LogP contribution in [0.5, 0.6) is 0 Å². The van der Waals surface area contributed by atoms with Crippen LogP contribution in [-0.4, -0.2) is 43.9 Å². The van der Waals surface area contributed by atoms with E-state index in [9.17, 15) is 14.4 Å². The summed E-state index contributed by atoms with van der Waals surface area (Å²) in [7, 11) is 0. The molecule has 1 aromatic carbocycles. The predicted octanol–water partition coefficient (Wildman–Crippen LogP) is 1.27. The Morgan fingerprint density at radius 3 is 2.50 bits per heavy atom. The van der Waals surface area contributed by atoms with Crippen molar-refractivity contribution < 1.29 is 19.5 Å². The number of nitrogens with one attached hydrogen (secondary N) is 2. The average molecular weight is 357 g/mol. The lowest BCUT2D eigenvalue weighted by atomic mass is 10.2. The van der Waals surface area contributed by atoms with E-state index >= 15 is 0 Å². The van der Waals surface area contributed by atoms with Crippen LogP contribution in [0.15, 0.2) is 24.3 Å². The second-order valence-corrected chi connectivity index (χ2v) is 6.17. The number of rotatable bonds is 7. The summed E-state index contributed by atoms with van der Waals surface area (Å²) in [6.45, 7) is 1.77. The molecular weight excluding hydrogens is 338 g/mol. The molecule has 1 aliphatic rings. The lowest BCUT2D eigenvalue weighted by Gasteiger charge is -2.07. The van der Waals surface area contributed by atoms with Gasteiger partial charge in [-0.3, -0.25) is 14.4 Å². The monoisotopic (exact) mass is 357 g/mol. The van der Waals surface area contributed by atoms with Gasteiger partial charge in [-0.05, 0) is 44.0 Å². The van der Waals surface area contributed by atoms with Gasteiger partial charge in [0, 0.05) is 18.2 Å². The largest absolute Gasteiger partial charge is 0.481 e. The van der Waals surface area contributed by atoms with Crippen molar-refractivity contribution in [3.05, 3.63) is 35.7 Å². The van der Waals surface area contributed by atoms with Crippen molar-refractivity contribution in [3.63, 3.8) is 0 Å². The van der Waals surface area contributed by atoms with E-state index in [2.05, 4.69) is 20.9 Å². The lowest BCUT2D eigenvalue weighted by molar-refractivity contribution is -0.138. The molecule has 0 atom stereocenters. The Morgan fingerprint density at radius 1 is 1.19 bits per heavy atom. The van der Waals surface area contributed by atoms with E-state index in [0.29, 0.717) is 22.8 Å². The molecule has 9 nitrogen and oxygen atoms in total. The standard InChI is InChI=1S/C17H19N5O4/c1-10-16(17(26)19-12-2-3-12)20-21-22(10)13-6-4-11(5-7-13)18-14(23)8-9-15(24)25/h4-7,12H,2-3,8-9H2,1H3,(H,18,23)(H,19,26)(H,24,25). The molecule has 0 radical (unpaired) electrons. The third-order valence-electron chi connectivity index (χ3n) is 3.98. The molecule has 2 amide bonds. The van der Waals surface area contributed by atoms with Gasteiger partial charge in [-0.2, -0.15) is 0 Å². The van der Waals surface area contributed by atoms with E-state index in [1.165, 1.54) is 0 Å². The van der Waals surface area contributed by atoms with Gasteiger partial charge in [0.15, 0.2) is 5.69 Å². The Hall–Kier alpha value is -3.23. The Bertz CT molecular complexity index is 839. The van der Waals surface area contributed by atoms with Crippen molar-refractivity contribution in [1.82, 2.24) is 20.3 Å². The topological polar surface area (TPSA) is 126 Å². The first-order valence-corrected chi connectivity index (χ1v) is 8.29. The summed E-state index contributed by atoms with van der Waals surface area (Å²) < 4.78 is 1.55. The highest BCUT2D eigenvalue weighted by atomic mass is 16.4. The van der Waals surface area contributed by atoms with Crippen molar-refractivity contribution in [3.8, 4) is 5.69 Å². The van der Waals surface area contributed by atoms with Gasteiger partial charge in [-0.25, -0.2) is 4.68 Å². The molecular formula is C17H19N5O4. The van der Waals surface area contributed by atoms with Crippen LogP contribution < -0.4 is 10.6 Å². The van der Waals surface area contributed by atoms with Gasteiger partial charge in [0.05, 0.1) is 17.8 Å². The molecule has 3 rings (SSSR count). The number of hydrogen-bond donors (Lipinski definition) is 3. The molecule has 0 aliphatic heterocycles. The molecule has 0 bridgehead atoms. The minimum atomic E-state index is -1.02. The molecule has 9 heteroatoms. The number of aliphatic carboxylic acids is 1. The zero-order valence-corrected chi connectivity index (χ0v) is 14.2. The summed E-state index contributed by atoms with van der Waals surface area (Å²) in [6.07, 6.45) is 1.70. The molecule has 1 aromatic heterocycles. The Morgan fingerprint density at radius 2 is 1.88 bits per heavy atom. The second kappa shape index (κ2) is 7.34. The highest BCUT2D eigenvalue weighted by Gasteiger charge is 2.26. The minimum Gasteiger partial charge on any atom is -0.481 e. The molecule has 0 unspecified atom stereocenters. The second-order valence-electron chi connectivity index (χ2n) is 6.17. The van der Waals surface area contributed by atoms with Crippen LogP contribution in [0.4, 0.5) is 5.69 Å². The first kappa shape index (κ1) is 17.6. The maximum absolute atomic E-state index is 12.1. The highest BCUT2D eigenvalue weighted by molar-refractivity contribution is 5.94. The Kier molecular flexibility index (Phi) is 4.97. The molecule has 2 aromatic rings. The smallest absolute Gasteiger partial charge is 0.303 e. The molecule has 26 heavy (non-hydrogen) atoms. The summed E-state index contributed by atoms with van der Waals surface area (Å²) in [5, 5.41) is 22.1. The maximum Gasteiger partial charge on any atom is 0.303 e. The fraction of sp³-hybridized carbons (Fsp3) is 0.353. The summed E-state index contributed by atoms with van der Waals surface area (Å²) in [5.41, 5.74) is 2.17. The van der Waals surface area contributed by atoms with E-state index in [1.807, 2.05) is 0 Å². The summed E-state index contributed by atoms with van der Waals surface area (Å²) >= 11 is 0. The fourth-order valence-electron chi connectivity index (χ4n) is 2.40. The van der Waals surface area contributed by atoms with Gasteiger partial charge in [0.1, 0.15) is 0 Å². The number of carboxylic acid groups (broad SMARTS) is 1. The van der Waals surface area contributed by atoms with Crippen LogP contribution in [0, 0.1) is 6.92 Å². The van der Waals surface area contributed by atoms with Crippen molar-refractivity contribution in [2.45, 2.75) is 38.6 Å². The van der Waals surface area contributed by atoms with E-state index in [0.717, 1.165) is 12.8 Å². The van der Waals surface area contributed by atoms with Gasteiger partial charge in [0.25, 0.3) is 5.91 Å². The van der Waals surface area contributed by atoms with E-state index in [1.54, 1.807) is 35.9 Å². The third kappa shape index (κ3) is 4.24. The van der Waals surface area contributed by atoms with Gasteiger partial charge in [-0.1, -0.05) is 5.21 Å². The molecule has 0 spiro atoms. The molecule has 3 N–H and O–H groups in total. The number of carboxylic acids is 1. The first-order chi connectivity index (χ1) is 12.4. The molecule has 1 heterocycles. The van der Waals surface area contributed by atoms with Crippen LogP contribution in [0.2, 0.25) is 0 Å². The van der Waals surface area contributed by atoms with Crippen LogP contribution in [-0.2, 0) is 9.59 Å². The van der Waals surface area contributed by atoms with Gasteiger partial charge in [-0.15, -0.1) is 5.10 Å². The zero-order valence-electron chi connectivity index (χ0n) is 14.2. The Labute approximate surface area is 149 Å². The van der Waals surface area contributed by atoms with Gasteiger partial charge in [0.2, 0.25) is 5.91 Å². The number of amides is 2. The fourth-order valence-corrected chi connectivity index (χ4v) is 2.40. The number of hydrogen-bond acceptors (Lipinski definition) is 5. The van der Waals surface area contributed by atoms with Crippen molar-refractivity contribution in [1.29, 1.82) is 0 Å². The van der Waals surface area contributed by atoms with E-state index in [4.69, 9.17) is 5.11 Å². The third-order valence-corrected chi connectivity index (χ3v) is 3.98. The summed E-state index contributed by atoms with van der Waals surface area (Å²) in [4.78, 5) is 34.3. The zero-order chi connectivity index (χ0) is 18.7. The number of nitrogens with zero attached hydrogens (tertiary/aromatic N) is 3. The number of aromatic nitrogens is 3. The Balaban J connectivity index is 1.66. The van der Waals surface area contributed by atoms with Crippen LogP contribution in [0.1, 0.15) is 41.9 Å². The summed E-state index contributed by atoms with van der Waals surface area (Å²) in [5.74, 6) is -1.60. The van der Waals surface area contributed by atoms with Crippen LogP contribution >= 0.6 is 0 Å². The van der Waals surface area contributed by atoms with E-state index < -0.39 is 5.97 Å². The molecule has 1 aliphatic carbocycles. The molecule has 0 saturated heterocycles. The quantitative estimate of drug-likeness (QED) is 0.685. The molecule has 1 fully saturated rings. The number of carbonyl (C=O) groups excluding carboxylic acids is 2. The summed E-state index contributed by atoms with van der Waals surface area (Å²) in [6, 6.07) is 7.07. The molecule has 136 valence electrons. The SMILES string of the molecule is Cc1c(C(=O)NC2CC2)nnn1-c1ccc(NC(=O)CCC(=O)O)cc1. The van der Waals surface area contributed by atoms with Crippen LogP contribution in [0.25, 0.3) is 5.69 Å². The normalized spacial score (nSPS) is 13.3. The van der Waals surface area contributed by atoms with E-state index in [-0.39, 0.29) is 30.7 Å². The number of anilines is 1. The minimum absolute atomic E-state index is 0.0846. The lowest BCUT2D eigenvalue weighted by Crippen LogP contribution is -2.26. The maximum atomic E-state index is 12.1. The van der Waals surface area contributed by atoms with Gasteiger partial charge >= 0.3 is 5.97 Å².